The lowest BCUT2D eigenvalue weighted by molar-refractivity contribution is -0.267. The summed E-state index contributed by atoms with van der Waals surface area (Å²) in [5.41, 5.74) is -3.18. The fourth-order valence-electron chi connectivity index (χ4n) is 2.65. The van der Waals surface area contributed by atoms with Crippen molar-refractivity contribution in [2.45, 2.75) is 44.5 Å². The van der Waals surface area contributed by atoms with E-state index in [1.807, 2.05) is 0 Å². The predicted octanol–water partition coefficient (Wildman–Crippen LogP) is 3.14. The second-order valence-electron chi connectivity index (χ2n) is 6.79. The molecule has 1 amide bonds. The molecule has 154 valence electrons. The van der Waals surface area contributed by atoms with Gasteiger partial charge in [-0.3, -0.25) is 4.79 Å². The maximum atomic E-state index is 13.7. The number of rotatable bonds is 7. The number of aromatic nitrogens is 1. The number of nitrogens with one attached hydrogen (secondary N) is 1. The number of para-hydroxylation sites is 1. The van der Waals surface area contributed by atoms with Crippen LogP contribution in [-0.2, 0) is 19.9 Å². The number of hydrogen-bond acceptors (Lipinski definition) is 6. The number of alkyl halides is 3. The first-order chi connectivity index (χ1) is 13.0. The van der Waals surface area contributed by atoms with Gasteiger partial charge in [0.15, 0.2) is 0 Å². The molecule has 2 atom stereocenters. The van der Waals surface area contributed by atoms with Crippen LogP contribution in [0.1, 0.15) is 31.7 Å². The fourth-order valence-corrected chi connectivity index (χ4v) is 3.73. The first-order valence-corrected chi connectivity index (χ1v) is 9.32. The summed E-state index contributed by atoms with van der Waals surface area (Å²) in [7, 11) is 1.12. The van der Waals surface area contributed by atoms with E-state index in [0.29, 0.717) is 16.0 Å². The molecular weight excluding hydrogens is 397 g/mol. The lowest BCUT2D eigenvalue weighted by Gasteiger charge is -2.28. The Morgan fingerprint density at radius 1 is 1.29 bits per heavy atom. The van der Waals surface area contributed by atoms with E-state index < -0.39 is 41.1 Å². The largest absolute Gasteiger partial charge is 0.467 e. The number of halogens is 3. The predicted molar refractivity (Wildman–Crippen MR) is 97.6 cm³/mol. The number of benzene rings is 1. The van der Waals surface area contributed by atoms with E-state index in [1.165, 1.54) is 6.07 Å². The summed E-state index contributed by atoms with van der Waals surface area (Å²) < 4.78 is 46.1. The van der Waals surface area contributed by atoms with Crippen molar-refractivity contribution in [2.75, 3.05) is 7.11 Å². The van der Waals surface area contributed by atoms with Gasteiger partial charge >= 0.3 is 12.1 Å². The number of nitrogens with zero attached hydrogens (tertiary/aromatic N) is 1. The molecular formula is C18H21F3N2O4S. The van der Waals surface area contributed by atoms with Gasteiger partial charge < -0.3 is 15.2 Å². The summed E-state index contributed by atoms with van der Waals surface area (Å²) in [6.07, 6.45) is -6.27. The Morgan fingerprint density at radius 2 is 1.93 bits per heavy atom. The summed E-state index contributed by atoms with van der Waals surface area (Å²) in [5.74, 6) is -1.91. The van der Waals surface area contributed by atoms with Gasteiger partial charge in [-0.2, -0.15) is 13.2 Å². The van der Waals surface area contributed by atoms with Crippen LogP contribution in [-0.4, -0.2) is 41.3 Å². The Kier molecular flexibility index (Phi) is 6.66. The molecule has 2 unspecified atom stereocenters. The molecule has 0 aliphatic carbocycles. The average Bonchev–Trinajstić information content (AvgIpc) is 3.03. The molecule has 0 aliphatic heterocycles. The van der Waals surface area contributed by atoms with Gasteiger partial charge in [-0.05, 0) is 24.5 Å². The lowest BCUT2D eigenvalue weighted by atomic mass is 9.98. The highest BCUT2D eigenvalue weighted by molar-refractivity contribution is 7.18. The van der Waals surface area contributed by atoms with Crippen LogP contribution >= 0.6 is 11.3 Å². The Morgan fingerprint density at radius 3 is 2.46 bits per heavy atom. The van der Waals surface area contributed by atoms with Gasteiger partial charge in [-0.15, -0.1) is 11.3 Å². The topological polar surface area (TPSA) is 88.5 Å². The molecule has 2 N–H and O–H groups in total. The zero-order chi connectivity index (χ0) is 21.1. The van der Waals surface area contributed by atoms with Crippen molar-refractivity contribution in [1.82, 2.24) is 10.3 Å². The van der Waals surface area contributed by atoms with Gasteiger partial charge in [-0.1, -0.05) is 26.0 Å². The van der Waals surface area contributed by atoms with Gasteiger partial charge in [0.1, 0.15) is 11.0 Å². The molecule has 0 saturated heterocycles. The van der Waals surface area contributed by atoms with Crippen molar-refractivity contribution < 1.29 is 32.6 Å². The smallest absolute Gasteiger partial charge is 0.424 e. The van der Waals surface area contributed by atoms with Crippen LogP contribution in [0.15, 0.2) is 24.3 Å². The minimum atomic E-state index is -5.14. The van der Waals surface area contributed by atoms with Crippen molar-refractivity contribution in [3.05, 3.63) is 29.3 Å². The highest BCUT2D eigenvalue weighted by Gasteiger charge is 2.58. The number of carbonyl (C=O) groups is 2. The van der Waals surface area contributed by atoms with Crippen LogP contribution in [0.4, 0.5) is 13.2 Å². The second kappa shape index (κ2) is 8.44. The van der Waals surface area contributed by atoms with E-state index in [-0.39, 0.29) is 17.9 Å². The Hall–Kier alpha value is -2.20. The Labute approximate surface area is 163 Å². The summed E-state index contributed by atoms with van der Waals surface area (Å²) in [5, 5.41) is 12.0. The van der Waals surface area contributed by atoms with Gasteiger partial charge in [-0.25, -0.2) is 9.78 Å². The molecule has 0 radical (unpaired) electrons. The highest BCUT2D eigenvalue weighted by Crippen LogP contribution is 2.44. The first kappa shape index (κ1) is 22.1. The molecule has 1 aromatic heterocycles. The second-order valence-corrected chi connectivity index (χ2v) is 7.83. The quantitative estimate of drug-likeness (QED) is 0.675. The summed E-state index contributed by atoms with van der Waals surface area (Å²) in [6, 6.07) is 5.23. The maximum Gasteiger partial charge on any atom is 0.424 e. The van der Waals surface area contributed by atoms with Crippen LogP contribution < -0.4 is 5.32 Å². The molecule has 0 aliphatic rings. The van der Waals surface area contributed by atoms with E-state index in [2.05, 4.69) is 15.0 Å². The summed E-state index contributed by atoms with van der Waals surface area (Å²) in [6.45, 7) is 3.57. The molecule has 2 rings (SSSR count). The molecule has 0 fully saturated rings. The van der Waals surface area contributed by atoms with Gasteiger partial charge in [0.05, 0.1) is 23.7 Å². The van der Waals surface area contributed by atoms with Crippen molar-refractivity contribution in [2.24, 2.45) is 5.92 Å². The SMILES string of the molecule is COC(=O)C(CC(C)C)NC(=O)CC(O)(c1nc2ccccc2s1)C(F)(F)F. The number of ether oxygens (including phenoxy) is 1. The van der Waals surface area contributed by atoms with Crippen molar-refractivity contribution in [3.8, 4) is 0 Å². The average molecular weight is 418 g/mol. The standard InChI is InChI=1S/C18H21F3N2O4S/c1-10(2)8-12(15(25)27-3)22-14(24)9-17(26,18(19,20)21)16-23-11-6-4-5-7-13(11)28-16/h4-7,10,12,26H,8-9H2,1-3H3,(H,22,24). The number of amides is 1. The lowest BCUT2D eigenvalue weighted by Crippen LogP contribution is -2.49. The molecule has 10 heteroatoms. The zero-order valence-corrected chi connectivity index (χ0v) is 16.4. The van der Waals surface area contributed by atoms with Crippen LogP contribution in [0.25, 0.3) is 10.2 Å². The van der Waals surface area contributed by atoms with Crippen LogP contribution in [0.5, 0.6) is 0 Å². The number of esters is 1. The van der Waals surface area contributed by atoms with Crippen molar-refractivity contribution in [3.63, 3.8) is 0 Å². The Bertz CT molecular complexity index is 820. The van der Waals surface area contributed by atoms with Crippen molar-refractivity contribution >= 4 is 33.4 Å². The number of hydrogen-bond donors (Lipinski definition) is 2. The Balaban J connectivity index is 2.30. The first-order valence-electron chi connectivity index (χ1n) is 8.50. The van der Waals surface area contributed by atoms with Crippen LogP contribution in [0, 0.1) is 5.92 Å². The third-order valence-electron chi connectivity index (χ3n) is 4.06. The molecule has 0 saturated carbocycles. The minimum Gasteiger partial charge on any atom is -0.467 e. The van der Waals surface area contributed by atoms with E-state index in [1.54, 1.807) is 32.0 Å². The molecule has 0 spiro atoms. The van der Waals surface area contributed by atoms with E-state index in [4.69, 9.17) is 0 Å². The molecule has 6 nitrogen and oxygen atoms in total. The maximum absolute atomic E-state index is 13.7. The normalized spacial score (nSPS) is 15.3. The number of aliphatic hydroxyl groups is 1. The number of thiazole rings is 1. The monoisotopic (exact) mass is 418 g/mol. The van der Waals surface area contributed by atoms with Crippen LogP contribution in [0.3, 0.4) is 0 Å². The fraction of sp³-hybridized carbons (Fsp3) is 0.500. The van der Waals surface area contributed by atoms with E-state index in [9.17, 15) is 27.9 Å². The van der Waals surface area contributed by atoms with Gasteiger partial charge in [0, 0.05) is 0 Å². The molecule has 1 heterocycles. The van der Waals surface area contributed by atoms with E-state index >= 15 is 0 Å². The zero-order valence-electron chi connectivity index (χ0n) is 15.5. The molecule has 2 aromatic rings. The number of methoxy groups -OCH3 is 1. The van der Waals surface area contributed by atoms with Crippen LogP contribution in [0.2, 0.25) is 0 Å². The number of fused-ring (bicyclic) bond motifs is 1. The van der Waals surface area contributed by atoms with Crippen molar-refractivity contribution in [1.29, 1.82) is 0 Å². The number of carbonyl (C=O) groups excluding carboxylic acids is 2. The van der Waals surface area contributed by atoms with Gasteiger partial charge in [0.2, 0.25) is 11.5 Å². The highest BCUT2D eigenvalue weighted by atomic mass is 32.1. The molecule has 28 heavy (non-hydrogen) atoms. The minimum absolute atomic E-state index is 0.0184. The van der Waals surface area contributed by atoms with Gasteiger partial charge in [0.25, 0.3) is 0 Å². The third-order valence-corrected chi connectivity index (χ3v) is 5.25. The molecule has 1 aromatic carbocycles. The van der Waals surface area contributed by atoms with E-state index in [0.717, 1.165) is 7.11 Å². The molecule has 0 bridgehead atoms. The summed E-state index contributed by atoms with van der Waals surface area (Å²) in [4.78, 5) is 28.0. The summed E-state index contributed by atoms with van der Waals surface area (Å²) >= 11 is 0.661. The third kappa shape index (κ3) is 4.79.